The zero-order valence-electron chi connectivity index (χ0n) is 8.86. The van der Waals surface area contributed by atoms with Crippen LogP contribution >= 0.6 is 12.2 Å². The Labute approximate surface area is 99.4 Å². The molecule has 0 spiro atoms. The van der Waals surface area contributed by atoms with Gasteiger partial charge in [0.05, 0.1) is 0 Å². The number of aromatic amines is 1. The Hall–Kier alpha value is -1.48. The first kappa shape index (κ1) is 9.73. The highest BCUT2D eigenvalue weighted by Crippen LogP contribution is 2.26. The second kappa shape index (κ2) is 3.83. The Morgan fingerprint density at radius 3 is 2.88 bits per heavy atom. The summed E-state index contributed by atoms with van der Waals surface area (Å²) in [6.07, 6.45) is 5.46. The maximum absolute atomic E-state index is 5.03. The molecule has 2 aromatic rings. The summed E-state index contributed by atoms with van der Waals surface area (Å²) in [5.41, 5.74) is 5.23. The molecule has 0 aliphatic heterocycles. The van der Waals surface area contributed by atoms with Crippen molar-refractivity contribution in [3.63, 3.8) is 0 Å². The summed E-state index contributed by atoms with van der Waals surface area (Å²) in [5, 5.41) is 0. The normalized spacial score (nSPS) is 13.8. The number of hydrogen-bond acceptors (Lipinski definition) is 2. The van der Waals surface area contributed by atoms with Gasteiger partial charge in [-0.15, -0.1) is 0 Å². The molecular weight excluding hydrogens is 216 g/mol. The van der Waals surface area contributed by atoms with Crippen LogP contribution in [0.5, 0.6) is 0 Å². The summed E-state index contributed by atoms with van der Waals surface area (Å²) < 4.78 is 0.540. The minimum absolute atomic E-state index is 0.540. The van der Waals surface area contributed by atoms with Crippen LogP contribution < -0.4 is 0 Å². The first-order chi connectivity index (χ1) is 7.83. The van der Waals surface area contributed by atoms with Crippen molar-refractivity contribution in [3.05, 3.63) is 46.4 Å². The third kappa shape index (κ3) is 1.67. The van der Waals surface area contributed by atoms with Crippen molar-refractivity contribution in [2.75, 3.05) is 0 Å². The first-order valence-electron chi connectivity index (χ1n) is 5.50. The predicted molar refractivity (Wildman–Crippen MR) is 66.9 cm³/mol. The molecule has 0 radical (unpaired) electrons. The topological polar surface area (TPSA) is 28.7 Å². The fourth-order valence-corrected chi connectivity index (χ4v) is 2.45. The number of nitrogens with one attached hydrogen (secondary N) is 1. The molecule has 2 nitrogen and oxygen atoms in total. The molecular formula is C13H12N2S. The highest BCUT2D eigenvalue weighted by Gasteiger charge is 2.11. The molecule has 0 atom stereocenters. The number of aromatic nitrogens is 2. The SMILES string of the molecule is S=c1nccc(-c2ccc3c(c2)CCC3)[nH]1. The number of H-pyrrole nitrogens is 1. The first-order valence-corrected chi connectivity index (χ1v) is 5.91. The van der Waals surface area contributed by atoms with E-state index in [9.17, 15) is 0 Å². The highest BCUT2D eigenvalue weighted by molar-refractivity contribution is 7.71. The van der Waals surface area contributed by atoms with Gasteiger partial charge in [-0.2, -0.15) is 0 Å². The van der Waals surface area contributed by atoms with E-state index in [1.807, 2.05) is 6.07 Å². The molecule has 0 bridgehead atoms. The minimum Gasteiger partial charge on any atom is -0.330 e. The Morgan fingerprint density at radius 1 is 1.12 bits per heavy atom. The van der Waals surface area contributed by atoms with E-state index in [0.29, 0.717) is 4.77 Å². The van der Waals surface area contributed by atoms with Crippen LogP contribution in [-0.2, 0) is 12.8 Å². The van der Waals surface area contributed by atoms with Gasteiger partial charge in [0.15, 0.2) is 4.77 Å². The lowest BCUT2D eigenvalue weighted by Gasteiger charge is -2.04. The molecule has 16 heavy (non-hydrogen) atoms. The summed E-state index contributed by atoms with van der Waals surface area (Å²) in [4.78, 5) is 7.12. The van der Waals surface area contributed by atoms with Gasteiger partial charge in [-0.25, -0.2) is 4.98 Å². The van der Waals surface area contributed by atoms with E-state index in [1.54, 1.807) is 6.20 Å². The summed E-state index contributed by atoms with van der Waals surface area (Å²) >= 11 is 5.03. The van der Waals surface area contributed by atoms with Crippen LogP contribution in [0, 0.1) is 4.77 Å². The molecule has 3 rings (SSSR count). The second-order valence-corrected chi connectivity index (χ2v) is 4.51. The number of aryl methyl sites for hydroxylation is 2. The van der Waals surface area contributed by atoms with E-state index < -0.39 is 0 Å². The van der Waals surface area contributed by atoms with Gasteiger partial charge in [0.2, 0.25) is 0 Å². The molecule has 1 aliphatic rings. The number of benzene rings is 1. The second-order valence-electron chi connectivity index (χ2n) is 4.13. The average Bonchev–Trinajstić information content (AvgIpc) is 2.75. The highest BCUT2D eigenvalue weighted by atomic mass is 32.1. The van der Waals surface area contributed by atoms with Crippen molar-refractivity contribution in [1.29, 1.82) is 0 Å². The third-order valence-electron chi connectivity index (χ3n) is 3.08. The van der Waals surface area contributed by atoms with Crippen LogP contribution in [0.2, 0.25) is 0 Å². The molecule has 1 aromatic heterocycles. The number of nitrogens with zero attached hydrogens (tertiary/aromatic N) is 1. The van der Waals surface area contributed by atoms with Gasteiger partial charge in [0.25, 0.3) is 0 Å². The van der Waals surface area contributed by atoms with Crippen LogP contribution in [0.3, 0.4) is 0 Å². The lowest BCUT2D eigenvalue weighted by Crippen LogP contribution is -1.88. The number of hydrogen-bond donors (Lipinski definition) is 1. The monoisotopic (exact) mass is 228 g/mol. The number of rotatable bonds is 1. The van der Waals surface area contributed by atoms with E-state index in [1.165, 1.54) is 36.0 Å². The Kier molecular flexibility index (Phi) is 2.33. The van der Waals surface area contributed by atoms with Gasteiger partial charge in [0.1, 0.15) is 0 Å². The molecule has 1 aliphatic carbocycles. The minimum atomic E-state index is 0.540. The molecule has 1 N–H and O–H groups in total. The van der Waals surface area contributed by atoms with E-state index in [4.69, 9.17) is 12.2 Å². The third-order valence-corrected chi connectivity index (χ3v) is 3.29. The van der Waals surface area contributed by atoms with E-state index in [2.05, 4.69) is 28.2 Å². The molecule has 1 heterocycles. The van der Waals surface area contributed by atoms with Crippen LogP contribution in [0.25, 0.3) is 11.3 Å². The smallest absolute Gasteiger partial charge is 0.197 e. The quantitative estimate of drug-likeness (QED) is 0.759. The number of fused-ring (bicyclic) bond motifs is 1. The average molecular weight is 228 g/mol. The fourth-order valence-electron chi connectivity index (χ4n) is 2.28. The summed E-state index contributed by atoms with van der Waals surface area (Å²) in [6, 6.07) is 8.62. The van der Waals surface area contributed by atoms with Gasteiger partial charge < -0.3 is 4.98 Å². The standard InChI is InChI=1S/C13H12N2S/c16-13-14-7-6-12(15-13)11-5-4-9-2-1-3-10(9)8-11/h4-8H,1-3H2,(H,14,15,16). The molecule has 0 unspecified atom stereocenters. The summed E-state index contributed by atoms with van der Waals surface area (Å²) in [7, 11) is 0. The predicted octanol–water partition coefficient (Wildman–Crippen LogP) is 3.29. The van der Waals surface area contributed by atoms with Crippen molar-refractivity contribution in [2.24, 2.45) is 0 Å². The summed E-state index contributed by atoms with van der Waals surface area (Å²) in [6.45, 7) is 0. The molecule has 3 heteroatoms. The zero-order valence-corrected chi connectivity index (χ0v) is 9.68. The van der Waals surface area contributed by atoms with Crippen molar-refractivity contribution in [2.45, 2.75) is 19.3 Å². The summed E-state index contributed by atoms with van der Waals surface area (Å²) in [5.74, 6) is 0. The van der Waals surface area contributed by atoms with Gasteiger partial charge in [0, 0.05) is 11.9 Å². The molecule has 0 fully saturated rings. The molecule has 0 saturated heterocycles. The van der Waals surface area contributed by atoms with Gasteiger partial charge in [-0.1, -0.05) is 12.1 Å². The van der Waals surface area contributed by atoms with Gasteiger partial charge in [-0.3, -0.25) is 0 Å². The maximum Gasteiger partial charge on any atom is 0.197 e. The lowest BCUT2D eigenvalue weighted by atomic mass is 10.0. The van der Waals surface area contributed by atoms with Gasteiger partial charge in [-0.05, 0) is 60.3 Å². The Balaban J connectivity index is 2.10. The van der Waals surface area contributed by atoms with E-state index >= 15 is 0 Å². The van der Waals surface area contributed by atoms with Crippen molar-refractivity contribution < 1.29 is 0 Å². The molecule has 80 valence electrons. The Morgan fingerprint density at radius 2 is 2.00 bits per heavy atom. The zero-order chi connectivity index (χ0) is 11.0. The van der Waals surface area contributed by atoms with Crippen molar-refractivity contribution in [1.82, 2.24) is 9.97 Å². The van der Waals surface area contributed by atoms with Crippen LogP contribution in [0.4, 0.5) is 0 Å². The van der Waals surface area contributed by atoms with E-state index in [-0.39, 0.29) is 0 Å². The molecule has 0 amide bonds. The van der Waals surface area contributed by atoms with Gasteiger partial charge >= 0.3 is 0 Å². The van der Waals surface area contributed by atoms with Crippen LogP contribution in [0.15, 0.2) is 30.5 Å². The Bertz CT molecular complexity index is 586. The van der Waals surface area contributed by atoms with E-state index in [0.717, 1.165) is 5.69 Å². The van der Waals surface area contributed by atoms with Crippen LogP contribution in [-0.4, -0.2) is 9.97 Å². The van der Waals surface area contributed by atoms with Crippen LogP contribution in [0.1, 0.15) is 17.5 Å². The fraction of sp³-hybridized carbons (Fsp3) is 0.231. The largest absolute Gasteiger partial charge is 0.330 e. The molecule has 1 aromatic carbocycles. The lowest BCUT2D eigenvalue weighted by molar-refractivity contribution is 0.912. The van der Waals surface area contributed by atoms with Crippen molar-refractivity contribution in [3.8, 4) is 11.3 Å². The molecule has 0 saturated carbocycles. The van der Waals surface area contributed by atoms with Crippen molar-refractivity contribution >= 4 is 12.2 Å². The maximum atomic E-state index is 5.03.